The smallest absolute Gasteiger partial charge is 0.408 e. The Labute approximate surface area is 131 Å². The number of nitrogens with one attached hydrogen (secondary N) is 1. The van der Waals surface area contributed by atoms with Crippen LogP contribution in [0.2, 0.25) is 0 Å². The van der Waals surface area contributed by atoms with Gasteiger partial charge in [-0.2, -0.15) is 4.99 Å². The predicted molar refractivity (Wildman–Crippen MR) is 77.3 cm³/mol. The number of nitrogens with two attached hydrogens (primary N) is 1. The van der Waals surface area contributed by atoms with Crippen LogP contribution in [-0.4, -0.2) is 42.3 Å². The molecule has 0 spiro atoms. The maximum Gasteiger partial charge on any atom is 0.408 e. The van der Waals surface area contributed by atoms with Gasteiger partial charge in [0, 0.05) is 7.05 Å². The fraction of sp³-hybridized carbons (Fsp3) is 0.600. The fourth-order valence-corrected chi connectivity index (χ4v) is 2.71. The molecular formula is C10H17N5O5S2. The average molecular weight is 351 g/mol. The summed E-state index contributed by atoms with van der Waals surface area (Å²) in [4.78, 5) is 26.7. The van der Waals surface area contributed by atoms with Gasteiger partial charge in [0.05, 0.1) is 0 Å². The van der Waals surface area contributed by atoms with E-state index in [1.54, 1.807) is 20.8 Å². The normalized spacial score (nSPS) is 13.0. The largest absolute Gasteiger partial charge is 0.444 e. The Kier molecular flexibility index (Phi) is 5.43. The van der Waals surface area contributed by atoms with Gasteiger partial charge < -0.3 is 10.1 Å². The van der Waals surface area contributed by atoms with Crippen LogP contribution in [0.1, 0.15) is 20.8 Å². The topological polar surface area (TPSA) is 146 Å². The van der Waals surface area contributed by atoms with Gasteiger partial charge in [0.2, 0.25) is 9.14 Å². The van der Waals surface area contributed by atoms with Crippen molar-refractivity contribution in [3.8, 4) is 0 Å². The molecule has 10 nitrogen and oxygen atoms in total. The summed E-state index contributed by atoms with van der Waals surface area (Å²) in [6.07, 6.45) is -0.755. The molecule has 0 aliphatic heterocycles. The van der Waals surface area contributed by atoms with E-state index in [1.807, 2.05) is 0 Å². The molecule has 1 heterocycles. The van der Waals surface area contributed by atoms with Gasteiger partial charge in [0.15, 0.2) is 0 Å². The first kappa shape index (κ1) is 18.3. The maximum absolute atomic E-state index is 11.6. The summed E-state index contributed by atoms with van der Waals surface area (Å²) in [6, 6.07) is 0. The van der Waals surface area contributed by atoms with Crippen molar-refractivity contribution in [3.05, 3.63) is 4.80 Å². The van der Waals surface area contributed by atoms with Crippen LogP contribution in [0.15, 0.2) is 9.33 Å². The van der Waals surface area contributed by atoms with E-state index in [4.69, 9.17) is 9.88 Å². The van der Waals surface area contributed by atoms with Crippen molar-refractivity contribution < 1.29 is 22.7 Å². The van der Waals surface area contributed by atoms with Gasteiger partial charge in [0.1, 0.15) is 12.1 Å². The number of ether oxygens (including phenoxy) is 1. The Balaban J connectivity index is 2.76. The van der Waals surface area contributed by atoms with Crippen LogP contribution in [0.5, 0.6) is 0 Å². The lowest BCUT2D eigenvalue weighted by molar-refractivity contribution is -0.117. The first-order valence-corrected chi connectivity index (χ1v) is 8.36. The number of carbonyl (C=O) groups excluding carboxylic acids is 2. The highest BCUT2D eigenvalue weighted by molar-refractivity contribution is 7.91. The van der Waals surface area contributed by atoms with E-state index in [9.17, 15) is 18.0 Å². The first-order chi connectivity index (χ1) is 9.88. The standard InChI is InChI=1S/C10H17N5O5S2/c1-10(2,3)20-8(17)12-5-6(16)13-7-15(4)14-9(21-7)22(11,18)19/h5H2,1-4H3,(H,12,17)(H2,11,18,19). The monoisotopic (exact) mass is 351 g/mol. The van der Waals surface area contributed by atoms with Crippen LogP contribution in [0.4, 0.5) is 4.79 Å². The molecule has 0 fully saturated rings. The van der Waals surface area contributed by atoms with E-state index in [0.29, 0.717) is 11.3 Å². The highest BCUT2D eigenvalue weighted by Crippen LogP contribution is 2.06. The van der Waals surface area contributed by atoms with Crippen molar-refractivity contribution in [1.29, 1.82) is 0 Å². The van der Waals surface area contributed by atoms with Crippen LogP contribution in [0.25, 0.3) is 0 Å². The van der Waals surface area contributed by atoms with Gasteiger partial charge in [-0.15, -0.1) is 5.10 Å². The molecule has 2 amide bonds. The zero-order valence-electron chi connectivity index (χ0n) is 12.5. The molecule has 1 aromatic rings. The number of primary sulfonamides is 1. The summed E-state index contributed by atoms with van der Waals surface area (Å²) in [5.74, 6) is -0.689. The summed E-state index contributed by atoms with van der Waals surface area (Å²) in [6.45, 7) is 4.66. The first-order valence-electron chi connectivity index (χ1n) is 6.00. The summed E-state index contributed by atoms with van der Waals surface area (Å²) >= 11 is 0.646. The van der Waals surface area contributed by atoms with E-state index in [-0.39, 0.29) is 9.14 Å². The Hall–Kier alpha value is -1.79. The lowest BCUT2D eigenvalue weighted by Crippen LogP contribution is -2.35. The predicted octanol–water partition coefficient (Wildman–Crippen LogP) is -0.919. The number of aryl methyl sites for hydroxylation is 1. The number of amides is 2. The van der Waals surface area contributed by atoms with Crippen molar-refractivity contribution in [2.75, 3.05) is 6.54 Å². The Bertz CT molecular complexity index is 740. The molecule has 0 radical (unpaired) electrons. The molecule has 1 rings (SSSR count). The molecule has 0 aromatic carbocycles. The van der Waals surface area contributed by atoms with E-state index in [2.05, 4.69) is 15.4 Å². The summed E-state index contributed by atoms with van der Waals surface area (Å²) < 4.78 is 28.0. The molecule has 12 heteroatoms. The van der Waals surface area contributed by atoms with Crippen LogP contribution >= 0.6 is 11.3 Å². The molecule has 3 N–H and O–H groups in total. The van der Waals surface area contributed by atoms with E-state index >= 15 is 0 Å². The molecule has 0 atom stereocenters. The molecule has 124 valence electrons. The average Bonchev–Trinajstić information content (AvgIpc) is 2.66. The van der Waals surface area contributed by atoms with Gasteiger partial charge >= 0.3 is 6.09 Å². The van der Waals surface area contributed by atoms with Crippen molar-refractivity contribution in [3.63, 3.8) is 0 Å². The lowest BCUT2D eigenvalue weighted by Gasteiger charge is -2.19. The van der Waals surface area contributed by atoms with E-state index in [0.717, 1.165) is 4.68 Å². The third-order valence-corrected chi connectivity index (χ3v) is 4.24. The number of nitrogens with zero attached hydrogens (tertiary/aromatic N) is 3. The minimum absolute atomic E-state index is 0.0417. The van der Waals surface area contributed by atoms with Crippen LogP contribution in [-0.2, 0) is 26.6 Å². The van der Waals surface area contributed by atoms with Crippen molar-refractivity contribution in [1.82, 2.24) is 15.1 Å². The summed E-state index contributed by atoms with van der Waals surface area (Å²) in [5, 5.41) is 10.8. The Morgan fingerprint density at radius 1 is 1.45 bits per heavy atom. The summed E-state index contributed by atoms with van der Waals surface area (Å²) in [5.41, 5.74) is -0.682. The van der Waals surface area contributed by atoms with Gasteiger partial charge in [-0.25, -0.2) is 23.0 Å². The van der Waals surface area contributed by atoms with Gasteiger partial charge in [0.25, 0.3) is 15.9 Å². The third kappa shape index (κ3) is 5.91. The number of hydrogen-bond donors (Lipinski definition) is 2. The van der Waals surface area contributed by atoms with Gasteiger partial charge in [-0.05, 0) is 20.8 Å². The van der Waals surface area contributed by atoms with Gasteiger partial charge in [-0.1, -0.05) is 11.3 Å². The van der Waals surface area contributed by atoms with E-state index < -0.39 is 34.2 Å². The molecule has 0 bridgehead atoms. The number of sulfonamides is 1. The molecule has 22 heavy (non-hydrogen) atoms. The third-order valence-electron chi connectivity index (χ3n) is 1.93. The number of rotatable bonds is 3. The number of carbonyl (C=O) groups is 2. The highest BCUT2D eigenvalue weighted by Gasteiger charge is 2.17. The quantitative estimate of drug-likeness (QED) is 0.720. The van der Waals surface area contributed by atoms with Crippen LogP contribution in [0, 0.1) is 0 Å². The highest BCUT2D eigenvalue weighted by atomic mass is 32.2. The number of hydrogen-bond acceptors (Lipinski definition) is 7. The van der Waals surface area contributed by atoms with Crippen LogP contribution in [0.3, 0.4) is 0 Å². The second kappa shape index (κ2) is 6.54. The second-order valence-electron chi connectivity index (χ2n) is 5.18. The minimum atomic E-state index is -3.96. The lowest BCUT2D eigenvalue weighted by atomic mass is 10.2. The zero-order valence-corrected chi connectivity index (χ0v) is 14.1. The SMILES string of the molecule is Cn1nc(S(N)(=O)=O)sc1=NC(=O)CNC(=O)OC(C)(C)C. The molecule has 0 saturated carbocycles. The van der Waals surface area contributed by atoms with E-state index in [1.165, 1.54) is 7.05 Å². The van der Waals surface area contributed by atoms with Crippen LogP contribution < -0.4 is 15.3 Å². The molecular weight excluding hydrogens is 334 g/mol. The maximum atomic E-state index is 11.6. The summed E-state index contributed by atoms with van der Waals surface area (Å²) in [7, 11) is -2.55. The second-order valence-corrected chi connectivity index (χ2v) is 7.87. The Morgan fingerprint density at radius 2 is 2.05 bits per heavy atom. The molecule has 0 aliphatic carbocycles. The van der Waals surface area contributed by atoms with Crippen molar-refractivity contribution in [2.24, 2.45) is 17.2 Å². The van der Waals surface area contributed by atoms with Gasteiger partial charge in [-0.3, -0.25) is 4.79 Å². The number of alkyl carbamates (subject to hydrolysis) is 1. The molecule has 0 aliphatic rings. The molecule has 0 unspecified atom stereocenters. The zero-order chi connectivity index (χ0) is 17.1. The van der Waals surface area contributed by atoms with Crippen molar-refractivity contribution in [2.45, 2.75) is 30.7 Å². The molecule has 1 aromatic heterocycles. The molecule has 0 saturated heterocycles. The number of aromatic nitrogens is 2. The fourth-order valence-electron chi connectivity index (χ4n) is 1.15. The Morgan fingerprint density at radius 3 is 2.50 bits per heavy atom. The van der Waals surface area contributed by atoms with Crippen molar-refractivity contribution >= 4 is 33.4 Å². The minimum Gasteiger partial charge on any atom is -0.444 e.